The molecule has 0 saturated heterocycles. The van der Waals surface area contributed by atoms with Crippen molar-refractivity contribution in [3.63, 3.8) is 0 Å². The average molecular weight is 234 g/mol. The Morgan fingerprint density at radius 2 is 2.13 bits per heavy atom. The predicted octanol–water partition coefficient (Wildman–Crippen LogP) is 0.202. The van der Waals surface area contributed by atoms with E-state index in [2.05, 4.69) is 5.32 Å². The first-order valence-electron chi connectivity index (χ1n) is 5.31. The maximum absolute atomic E-state index is 11.4. The minimum Gasteiger partial charge on any atom is -0.396 e. The molecule has 1 amide bonds. The number of rotatable bonds is 8. The van der Waals surface area contributed by atoms with E-state index in [0.717, 1.165) is 17.9 Å². The first kappa shape index (κ1) is 14.7. The van der Waals surface area contributed by atoms with Gasteiger partial charge in [0, 0.05) is 18.9 Å². The van der Waals surface area contributed by atoms with E-state index >= 15 is 0 Å². The van der Waals surface area contributed by atoms with E-state index in [-0.39, 0.29) is 18.4 Å². The Balaban J connectivity index is 3.39. The summed E-state index contributed by atoms with van der Waals surface area (Å²) in [5.41, 5.74) is 5.67. The van der Waals surface area contributed by atoms with Crippen LogP contribution in [0.25, 0.3) is 0 Å². The molecule has 1 unspecified atom stereocenters. The normalized spacial score (nSPS) is 12.9. The number of hydrogen-bond acceptors (Lipinski definition) is 4. The molecule has 4 nitrogen and oxygen atoms in total. The van der Waals surface area contributed by atoms with E-state index in [1.165, 1.54) is 0 Å². The fourth-order valence-electron chi connectivity index (χ4n) is 0.936. The number of aliphatic hydroxyl groups excluding tert-OH is 1. The van der Waals surface area contributed by atoms with Gasteiger partial charge in [-0.3, -0.25) is 4.79 Å². The summed E-state index contributed by atoms with van der Waals surface area (Å²) >= 11 is 1.72. The molecule has 0 aliphatic carbocycles. The number of carbonyl (C=O) groups excluding carboxylic acids is 1. The van der Waals surface area contributed by atoms with Crippen molar-refractivity contribution in [2.75, 3.05) is 24.7 Å². The topological polar surface area (TPSA) is 75.4 Å². The lowest BCUT2D eigenvalue weighted by Gasteiger charge is -2.14. The van der Waals surface area contributed by atoms with Crippen molar-refractivity contribution in [3.8, 4) is 0 Å². The molecule has 0 heterocycles. The van der Waals surface area contributed by atoms with Crippen molar-refractivity contribution in [3.05, 3.63) is 0 Å². The smallest absolute Gasteiger partial charge is 0.237 e. The zero-order chi connectivity index (χ0) is 11.7. The Morgan fingerprint density at radius 3 is 2.67 bits per heavy atom. The van der Waals surface area contributed by atoms with Crippen LogP contribution in [0.5, 0.6) is 0 Å². The molecule has 1 atom stereocenters. The number of aliphatic hydroxyl groups is 1. The molecule has 90 valence electrons. The maximum Gasteiger partial charge on any atom is 0.237 e. The highest BCUT2D eigenvalue weighted by molar-refractivity contribution is 7.99. The number of hydrogen-bond donors (Lipinski definition) is 3. The Kier molecular flexibility index (Phi) is 8.85. The van der Waals surface area contributed by atoms with Gasteiger partial charge in [0.05, 0.1) is 6.04 Å². The summed E-state index contributed by atoms with van der Waals surface area (Å²) in [4.78, 5) is 11.4. The van der Waals surface area contributed by atoms with E-state index in [9.17, 15) is 4.79 Å². The maximum atomic E-state index is 11.4. The molecule has 0 rings (SSSR count). The van der Waals surface area contributed by atoms with E-state index in [1.54, 1.807) is 11.8 Å². The summed E-state index contributed by atoms with van der Waals surface area (Å²) in [6.07, 6.45) is 0.810. The first-order chi connectivity index (χ1) is 7.09. The van der Waals surface area contributed by atoms with Gasteiger partial charge in [0.15, 0.2) is 0 Å². The SMILES string of the molecule is CC(C)C(N)C(=O)NCCSCCCO. The third-order valence-electron chi connectivity index (χ3n) is 2.01. The van der Waals surface area contributed by atoms with Crippen LogP contribution >= 0.6 is 11.8 Å². The fourth-order valence-corrected chi connectivity index (χ4v) is 1.72. The molecule has 4 N–H and O–H groups in total. The van der Waals surface area contributed by atoms with Gasteiger partial charge in [0.2, 0.25) is 5.91 Å². The minimum atomic E-state index is -0.410. The summed E-state index contributed by atoms with van der Waals surface area (Å²) in [6.45, 7) is 4.74. The van der Waals surface area contributed by atoms with E-state index in [4.69, 9.17) is 10.8 Å². The summed E-state index contributed by atoms with van der Waals surface area (Å²) < 4.78 is 0. The zero-order valence-corrected chi connectivity index (χ0v) is 10.3. The Hall–Kier alpha value is -0.260. The number of amides is 1. The molecule has 15 heavy (non-hydrogen) atoms. The van der Waals surface area contributed by atoms with Crippen LogP contribution in [0.3, 0.4) is 0 Å². The molecular weight excluding hydrogens is 212 g/mol. The van der Waals surface area contributed by atoms with Crippen molar-refractivity contribution in [2.45, 2.75) is 26.3 Å². The molecule has 0 aliphatic rings. The molecule has 0 fully saturated rings. The van der Waals surface area contributed by atoms with Gasteiger partial charge in [-0.15, -0.1) is 0 Å². The fraction of sp³-hybridized carbons (Fsp3) is 0.900. The molecule has 0 aromatic carbocycles. The molecule has 0 radical (unpaired) electrons. The number of thioether (sulfide) groups is 1. The van der Waals surface area contributed by atoms with Crippen LogP contribution in [0.15, 0.2) is 0 Å². The van der Waals surface area contributed by atoms with Crippen LogP contribution in [0.2, 0.25) is 0 Å². The van der Waals surface area contributed by atoms with Crippen molar-refractivity contribution in [1.29, 1.82) is 0 Å². The number of nitrogens with two attached hydrogens (primary N) is 1. The van der Waals surface area contributed by atoms with Crippen LogP contribution in [0.1, 0.15) is 20.3 Å². The van der Waals surface area contributed by atoms with Gasteiger partial charge < -0.3 is 16.2 Å². The first-order valence-corrected chi connectivity index (χ1v) is 6.47. The second kappa shape index (κ2) is 9.00. The van der Waals surface area contributed by atoms with Crippen LogP contribution in [0, 0.1) is 5.92 Å². The molecule has 0 aromatic heterocycles. The molecule has 0 spiro atoms. The summed E-state index contributed by atoms with van der Waals surface area (Å²) in [6, 6.07) is -0.410. The second-order valence-electron chi connectivity index (χ2n) is 3.75. The van der Waals surface area contributed by atoms with Gasteiger partial charge in [-0.2, -0.15) is 11.8 Å². The lowest BCUT2D eigenvalue weighted by molar-refractivity contribution is -0.123. The highest BCUT2D eigenvalue weighted by atomic mass is 32.2. The van der Waals surface area contributed by atoms with Gasteiger partial charge in [0.1, 0.15) is 0 Å². The molecule has 0 bridgehead atoms. The summed E-state index contributed by atoms with van der Waals surface area (Å²) in [7, 11) is 0. The quantitative estimate of drug-likeness (QED) is 0.525. The van der Waals surface area contributed by atoms with Crippen LogP contribution in [-0.2, 0) is 4.79 Å². The zero-order valence-electron chi connectivity index (χ0n) is 9.53. The Morgan fingerprint density at radius 1 is 1.47 bits per heavy atom. The molecule has 0 saturated carbocycles. The van der Waals surface area contributed by atoms with Crippen molar-refractivity contribution >= 4 is 17.7 Å². The Labute approximate surface area is 96.0 Å². The summed E-state index contributed by atoms with van der Waals surface area (Å²) in [5.74, 6) is 1.90. The van der Waals surface area contributed by atoms with Crippen molar-refractivity contribution in [1.82, 2.24) is 5.32 Å². The van der Waals surface area contributed by atoms with Crippen LogP contribution < -0.4 is 11.1 Å². The minimum absolute atomic E-state index is 0.0761. The molecule has 0 aliphatic heterocycles. The Bertz CT molecular complexity index is 177. The van der Waals surface area contributed by atoms with Gasteiger partial charge in [-0.1, -0.05) is 13.8 Å². The third kappa shape index (κ3) is 7.64. The van der Waals surface area contributed by atoms with Crippen LogP contribution in [-0.4, -0.2) is 41.7 Å². The largest absolute Gasteiger partial charge is 0.396 e. The lowest BCUT2D eigenvalue weighted by Crippen LogP contribution is -2.44. The van der Waals surface area contributed by atoms with Gasteiger partial charge in [-0.25, -0.2) is 0 Å². The van der Waals surface area contributed by atoms with E-state index in [0.29, 0.717) is 6.54 Å². The highest BCUT2D eigenvalue weighted by Gasteiger charge is 2.15. The average Bonchev–Trinajstić information content (AvgIpc) is 2.21. The van der Waals surface area contributed by atoms with E-state index in [1.807, 2.05) is 13.8 Å². The van der Waals surface area contributed by atoms with Crippen molar-refractivity contribution in [2.24, 2.45) is 11.7 Å². The van der Waals surface area contributed by atoms with Gasteiger partial charge in [0.25, 0.3) is 0 Å². The second-order valence-corrected chi connectivity index (χ2v) is 4.98. The molecule has 5 heteroatoms. The predicted molar refractivity (Wildman–Crippen MR) is 64.9 cm³/mol. The summed E-state index contributed by atoms with van der Waals surface area (Å²) in [5, 5.41) is 11.3. The monoisotopic (exact) mass is 234 g/mol. The van der Waals surface area contributed by atoms with Gasteiger partial charge in [-0.05, 0) is 18.1 Å². The standard InChI is InChI=1S/C10H22N2O2S/c1-8(2)9(11)10(14)12-4-7-15-6-3-5-13/h8-9,13H,3-7,11H2,1-2H3,(H,12,14). The number of nitrogens with one attached hydrogen (secondary N) is 1. The number of carbonyl (C=O) groups is 1. The molecular formula is C10H22N2O2S. The third-order valence-corrected chi connectivity index (χ3v) is 3.08. The highest BCUT2D eigenvalue weighted by Crippen LogP contribution is 2.01. The lowest BCUT2D eigenvalue weighted by atomic mass is 10.1. The van der Waals surface area contributed by atoms with Gasteiger partial charge >= 0.3 is 0 Å². The van der Waals surface area contributed by atoms with Crippen LogP contribution in [0.4, 0.5) is 0 Å². The van der Waals surface area contributed by atoms with Crippen molar-refractivity contribution < 1.29 is 9.90 Å². The van der Waals surface area contributed by atoms with E-state index < -0.39 is 6.04 Å². The molecule has 0 aromatic rings.